The summed E-state index contributed by atoms with van der Waals surface area (Å²) in [6.45, 7) is 4.43. The molecule has 32 heavy (non-hydrogen) atoms. The number of nitrogens with one attached hydrogen (secondary N) is 1. The zero-order chi connectivity index (χ0) is 22.2. The van der Waals surface area contributed by atoms with Gasteiger partial charge in [0.25, 0.3) is 0 Å². The monoisotopic (exact) mass is 465 g/mol. The number of thiocarbonyl (C=S) groups is 1. The molecule has 5 rings (SSSR count). The van der Waals surface area contributed by atoms with Crippen LogP contribution >= 0.6 is 23.8 Å². The molecule has 2 aliphatic heterocycles. The Balaban J connectivity index is 1.52. The summed E-state index contributed by atoms with van der Waals surface area (Å²) in [5.41, 5.74) is 4.23. The summed E-state index contributed by atoms with van der Waals surface area (Å²) >= 11 is 12.7. The highest BCUT2D eigenvalue weighted by Gasteiger charge is 2.42. The van der Waals surface area contributed by atoms with E-state index in [4.69, 9.17) is 23.8 Å². The number of halogens is 1. The van der Waals surface area contributed by atoms with Crippen LogP contribution < -0.4 is 15.1 Å². The Hall–Kier alpha value is -2.57. The van der Waals surface area contributed by atoms with Gasteiger partial charge in [-0.15, -0.1) is 0 Å². The van der Waals surface area contributed by atoms with E-state index >= 15 is 0 Å². The highest BCUT2D eigenvalue weighted by Crippen LogP contribution is 2.43. The summed E-state index contributed by atoms with van der Waals surface area (Å²) in [6, 6.07) is 16.5. The number of hydrogen-bond donors (Lipinski definition) is 1. The van der Waals surface area contributed by atoms with Crippen LogP contribution in [0.3, 0.4) is 0 Å². The Kier molecular flexibility index (Phi) is 5.82. The van der Waals surface area contributed by atoms with Gasteiger partial charge in [0, 0.05) is 43.9 Å². The van der Waals surface area contributed by atoms with Crippen molar-refractivity contribution < 1.29 is 0 Å². The normalized spacial score (nSPS) is 21.8. The quantitative estimate of drug-likeness (QED) is 0.516. The van der Waals surface area contributed by atoms with E-state index in [0.717, 1.165) is 41.1 Å². The van der Waals surface area contributed by atoms with Crippen LogP contribution in [-0.2, 0) is 7.05 Å². The van der Waals surface area contributed by atoms with E-state index in [0.29, 0.717) is 5.11 Å². The predicted octanol–water partition coefficient (Wildman–Crippen LogP) is 5.49. The molecular formula is C25H28ClN5S. The lowest BCUT2D eigenvalue weighted by Gasteiger charge is -2.33. The molecule has 2 atom stereocenters. The van der Waals surface area contributed by atoms with Gasteiger partial charge in [-0.25, -0.2) is 0 Å². The molecule has 0 saturated carbocycles. The van der Waals surface area contributed by atoms with Crippen molar-refractivity contribution in [3.8, 4) is 0 Å². The van der Waals surface area contributed by atoms with Gasteiger partial charge in [0.2, 0.25) is 0 Å². The smallest absolute Gasteiger partial charge is 0.174 e. The molecular weight excluding hydrogens is 438 g/mol. The summed E-state index contributed by atoms with van der Waals surface area (Å²) in [7, 11) is 2.07. The van der Waals surface area contributed by atoms with Gasteiger partial charge in [-0.3, -0.25) is 4.98 Å². The number of pyridine rings is 1. The van der Waals surface area contributed by atoms with Gasteiger partial charge in [0.15, 0.2) is 5.11 Å². The van der Waals surface area contributed by atoms with Gasteiger partial charge >= 0.3 is 0 Å². The lowest BCUT2D eigenvalue weighted by atomic mass is 9.98. The fourth-order valence-electron chi connectivity index (χ4n) is 4.87. The van der Waals surface area contributed by atoms with Crippen molar-refractivity contribution in [2.45, 2.75) is 31.8 Å². The fourth-order valence-corrected chi connectivity index (χ4v) is 5.51. The zero-order valence-corrected chi connectivity index (χ0v) is 20.0. The van der Waals surface area contributed by atoms with Crippen molar-refractivity contribution in [3.05, 3.63) is 77.3 Å². The van der Waals surface area contributed by atoms with Crippen LogP contribution in [-0.4, -0.2) is 27.8 Å². The van der Waals surface area contributed by atoms with Crippen LogP contribution in [0.5, 0.6) is 0 Å². The number of hydrogen-bond acceptors (Lipinski definition) is 3. The van der Waals surface area contributed by atoms with Crippen LogP contribution in [0.1, 0.15) is 43.2 Å². The minimum absolute atomic E-state index is 0.0323. The Morgan fingerprint density at radius 3 is 2.56 bits per heavy atom. The molecule has 2 aromatic heterocycles. The average Bonchev–Trinajstić information content (AvgIpc) is 3.37. The molecule has 3 aromatic rings. The second-order valence-electron chi connectivity index (χ2n) is 8.85. The standard InChI is InChI=1S/C25H28ClN5S/c1-17-10-14-30(15-11-17)21-9-8-18(16-19(21)26)31-24(22-7-5-13-29(22)2)23(28-25(31)32)20-6-3-4-12-27-20/h3-9,12-13,16-17,23-24H,10-11,14-15H2,1-2H3,(H,28,32). The van der Waals surface area contributed by atoms with Crippen molar-refractivity contribution in [1.82, 2.24) is 14.9 Å². The maximum atomic E-state index is 6.83. The predicted molar refractivity (Wildman–Crippen MR) is 135 cm³/mol. The van der Waals surface area contributed by atoms with Crippen molar-refractivity contribution in [3.63, 3.8) is 0 Å². The topological polar surface area (TPSA) is 36.3 Å². The number of nitrogens with zero attached hydrogens (tertiary/aromatic N) is 4. The minimum Gasteiger partial charge on any atom is -0.370 e. The lowest BCUT2D eigenvalue weighted by Crippen LogP contribution is -2.33. The summed E-state index contributed by atoms with van der Waals surface area (Å²) in [6.07, 6.45) is 6.31. The van der Waals surface area contributed by atoms with Gasteiger partial charge in [0.05, 0.1) is 22.4 Å². The Morgan fingerprint density at radius 1 is 1.09 bits per heavy atom. The molecule has 2 saturated heterocycles. The van der Waals surface area contributed by atoms with Gasteiger partial charge in [0.1, 0.15) is 6.04 Å². The molecule has 1 N–H and O–H groups in total. The molecule has 0 amide bonds. The van der Waals surface area contributed by atoms with Gasteiger partial charge < -0.3 is 19.7 Å². The van der Waals surface area contributed by atoms with Crippen LogP contribution in [0.4, 0.5) is 11.4 Å². The Labute approximate surface area is 200 Å². The molecule has 2 unspecified atom stereocenters. The van der Waals surface area contributed by atoms with Crippen molar-refractivity contribution in [1.29, 1.82) is 0 Å². The molecule has 0 radical (unpaired) electrons. The number of anilines is 2. The molecule has 5 nitrogen and oxygen atoms in total. The summed E-state index contributed by atoms with van der Waals surface area (Å²) in [4.78, 5) is 9.20. The molecule has 0 bridgehead atoms. The summed E-state index contributed by atoms with van der Waals surface area (Å²) in [5.74, 6) is 0.784. The first-order chi connectivity index (χ1) is 15.5. The zero-order valence-electron chi connectivity index (χ0n) is 18.4. The van der Waals surface area contributed by atoms with Crippen molar-refractivity contribution in [2.24, 2.45) is 13.0 Å². The lowest BCUT2D eigenvalue weighted by molar-refractivity contribution is 0.438. The molecule has 0 aliphatic carbocycles. The van der Waals surface area contributed by atoms with Crippen LogP contribution in [0, 0.1) is 5.92 Å². The van der Waals surface area contributed by atoms with Crippen LogP contribution in [0.2, 0.25) is 5.02 Å². The number of benzene rings is 1. The van der Waals surface area contributed by atoms with E-state index in [-0.39, 0.29) is 12.1 Å². The second kappa shape index (κ2) is 8.75. The van der Waals surface area contributed by atoms with Crippen LogP contribution in [0.25, 0.3) is 0 Å². The van der Waals surface area contributed by atoms with E-state index in [1.807, 2.05) is 24.4 Å². The first-order valence-corrected chi connectivity index (χ1v) is 12.0. The highest BCUT2D eigenvalue weighted by atomic mass is 35.5. The molecule has 4 heterocycles. The molecule has 2 aliphatic rings. The van der Waals surface area contributed by atoms with E-state index < -0.39 is 0 Å². The Morgan fingerprint density at radius 2 is 1.91 bits per heavy atom. The van der Waals surface area contributed by atoms with E-state index in [2.05, 4.69) is 75.2 Å². The SMILES string of the molecule is CC1CCN(c2ccc(N3C(=S)NC(c4ccccn4)C3c3cccn3C)cc2Cl)CC1. The van der Waals surface area contributed by atoms with Gasteiger partial charge in [-0.2, -0.15) is 0 Å². The third-order valence-electron chi connectivity index (χ3n) is 6.72. The minimum atomic E-state index is -0.0562. The summed E-state index contributed by atoms with van der Waals surface area (Å²) < 4.78 is 2.15. The second-order valence-corrected chi connectivity index (χ2v) is 9.64. The molecule has 1 aromatic carbocycles. The molecule has 2 fully saturated rings. The maximum absolute atomic E-state index is 6.83. The number of piperidine rings is 1. The van der Waals surface area contributed by atoms with Crippen molar-refractivity contribution in [2.75, 3.05) is 22.9 Å². The average molecular weight is 466 g/mol. The first kappa shape index (κ1) is 21.3. The third kappa shape index (κ3) is 3.86. The van der Waals surface area contributed by atoms with E-state index in [1.165, 1.54) is 18.5 Å². The number of aromatic nitrogens is 2. The maximum Gasteiger partial charge on any atom is 0.174 e. The molecule has 7 heteroatoms. The van der Waals surface area contributed by atoms with Gasteiger partial charge in [-0.05, 0) is 73.4 Å². The summed E-state index contributed by atoms with van der Waals surface area (Å²) in [5, 5.41) is 4.97. The molecule has 166 valence electrons. The number of rotatable bonds is 4. The Bertz CT molecular complexity index is 1110. The third-order valence-corrected chi connectivity index (χ3v) is 7.34. The van der Waals surface area contributed by atoms with Crippen LogP contribution in [0.15, 0.2) is 60.9 Å². The van der Waals surface area contributed by atoms with E-state index in [1.54, 1.807) is 0 Å². The van der Waals surface area contributed by atoms with Crippen molar-refractivity contribution >= 4 is 40.3 Å². The molecule has 0 spiro atoms. The highest BCUT2D eigenvalue weighted by molar-refractivity contribution is 7.80. The van der Waals surface area contributed by atoms with Gasteiger partial charge in [-0.1, -0.05) is 24.6 Å². The van der Waals surface area contributed by atoms with E-state index in [9.17, 15) is 0 Å². The first-order valence-electron chi connectivity index (χ1n) is 11.2. The fraction of sp³-hybridized carbons (Fsp3) is 0.360. The number of aryl methyl sites for hydroxylation is 1. The largest absolute Gasteiger partial charge is 0.370 e.